The molecule has 19 heavy (non-hydrogen) atoms. The fourth-order valence-corrected chi connectivity index (χ4v) is 1.68. The molecule has 0 spiro atoms. The molecule has 0 bridgehead atoms. The van der Waals surface area contributed by atoms with E-state index >= 15 is 0 Å². The Balaban J connectivity index is 2.59. The highest BCUT2D eigenvalue weighted by Gasteiger charge is 2.13. The van der Waals surface area contributed by atoms with Crippen molar-refractivity contribution in [1.82, 2.24) is 4.90 Å². The standard InChI is InChI=1S/C13H19N3O3/c1-16(5-3-4-12(17)19-2)13(18)9-6-10(14)8-11(15)7-9/h6-8H,3-5,14-15H2,1-2H3. The second-order valence-corrected chi connectivity index (χ2v) is 4.29. The molecule has 0 atom stereocenters. The summed E-state index contributed by atoms with van der Waals surface area (Å²) in [5.41, 5.74) is 12.6. The third-order valence-corrected chi connectivity index (χ3v) is 2.67. The molecule has 0 heterocycles. The number of esters is 1. The van der Waals surface area contributed by atoms with Gasteiger partial charge in [-0.2, -0.15) is 0 Å². The van der Waals surface area contributed by atoms with E-state index in [4.69, 9.17) is 11.5 Å². The molecule has 1 rings (SSSR count). The summed E-state index contributed by atoms with van der Waals surface area (Å²) in [6, 6.07) is 4.75. The minimum Gasteiger partial charge on any atom is -0.469 e. The molecule has 0 aliphatic carbocycles. The predicted molar refractivity (Wildman–Crippen MR) is 73.5 cm³/mol. The number of nitrogens with two attached hydrogens (primary N) is 2. The van der Waals surface area contributed by atoms with Gasteiger partial charge in [-0.15, -0.1) is 0 Å². The number of carbonyl (C=O) groups excluding carboxylic acids is 2. The van der Waals surface area contributed by atoms with Gasteiger partial charge in [0.05, 0.1) is 7.11 Å². The van der Waals surface area contributed by atoms with Crippen molar-refractivity contribution in [3.63, 3.8) is 0 Å². The van der Waals surface area contributed by atoms with Crippen LogP contribution in [0.5, 0.6) is 0 Å². The highest BCUT2D eigenvalue weighted by molar-refractivity contribution is 5.96. The summed E-state index contributed by atoms with van der Waals surface area (Å²) in [5, 5.41) is 0. The maximum Gasteiger partial charge on any atom is 0.305 e. The SMILES string of the molecule is COC(=O)CCCN(C)C(=O)c1cc(N)cc(N)c1. The van der Waals surface area contributed by atoms with Crippen molar-refractivity contribution >= 4 is 23.3 Å². The van der Waals surface area contributed by atoms with Gasteiger partial charge in [-0.05, 0) is 24.6 Å². The molecule has 0 radical (unpaired) electrons. The minimum absolute atomic E-state index is 0.177. The number of carbonyl (C=O) groups is 2. The largest absolute Gasteiger partial charge is 0.469 e. The number of anilines is 2. The number of ether oxygens (including phenoxy) is 1. The van der Waals surface area contributed by atoms with Crippen molar-refractivity contribution in [2.75, 3.05) is 32.2 Å². The van der Waals surface area contributed by atoms with Gasteiger partial charge in [0.1, 0.15) is 0 Å². The van der Waals surface area contributed by atoms with E-state index in [9.17, 15) is 9.59 Å². The molecule has 104 valence electrons. The fraction of sp³-hybridized carbons (Fsp3) is 0.385. The van der Waals surface area contributed by atoms with Crippen molar-refractivity contribution in [2.45, 2.75) is 12.8 Å². The van der Waals surface area contributed by atoms with Crippen LogP contribution in [0.3, 0.4) is 0 Å². The highest BCUT2D eigenvalue weighted by atomic mass is 16.5. The number of nitrogen functional groups attached to an aromatic ring is 2. The Labute approximate surface area is 112 Å². The average molecular weight is 265 g/mol. The van der Waals surface area contributed by atoms with Gasteiger partial charge in [0, 0.05) is 37.0 Å². The number of methoxy groups -OCH3 is 1. The lowest BCUT2D eigenvalue weighted by atomic mass is 10.1. The van der Waals surface area contributed by atoms with Crippen LogP contribution in [0, 0.1) is 0 Å². The van der Waals surface area contributed by atoms with Gasteiger partial charge in [-0.3, -0.25) is 9.59 Å². The lowest BCUT2D eigenvalue weighted by Gasteiger charge is -2.17. The summed E-state index contributed by atoms with van der Waals surface area (Å²) in [5.74, 6) is -0.460. The van der Waals surface area contributed by atoms with Gasteiger partial charge in [0.25, 0.3) is 5.91 Å². The van der Waals surface area contributed by atoms with E-state index in [-0.39, 0.29) is 18.3 Å². The van der Waals surface area contributed by atoms with E-state index in [0.717, 1.165) is 0 Å². The Morgan fingerprint density at radius 2 is 1.79 bits per heavy atom. The van der Waals surface area contributed by atoms with E-state index < -0.39 is 0 Å². The summed E-state index contributed by atoms with van der Waals surface area (Å²) in [6.45, 7) is 0.461. The zero-order valence-electron chi connectivity index (χ0n) is 11.2. The second-order valence-electron chi connectivity index (χ2n) is 4.29. The number of nitrogens with zero attached hydrogens (tertiary/aromatic N) is 1. The molecule has 0 aromatic heterocycles. The molecule has 1 aromatic carbocycles. The summed E-state index contributed by atoms with van der Waals surface area (Å²) >= 11 is 0. The zero-order chi connectivity index (χ0) is 14.4. The van der Waals surface area contributed by atoms with Crippen molar-refractivity contribution in [3.05, 3.63) is 23.8 Å². The van der Waals surface area contributed by atoms with Crippen LogP contribution in [-0.2, 0) is 9.53 Å². The molecule has 0 fully saturated rings. The first kappa shape index (κ1) is 14.8. The van der Waals surface area contributed by atoms with Crippen molar-refractivity contribution in [1.29, 1.82) is 0 Å². The van der Waals surface area contributed by atoms with Crippen LogP contribution in [0.25, 0.3) is 0 Å². The Morgan fingerprint density at radius 1 is 1.21 bits per heavy atom. The first-order valence-corrected chi connectivity index (χ1v) is 5.92. The summed E-state index contributed by atoms with van der Waals surface area (Å²) in [6.07, 6.45) is 0.833. The quantitative estimate of drug-likeness (QED) is 0.608. The molecule has 4 N–H and O–H groups in total. The van der Waals surface area contributed by atoms with Crippen molar-refractivity contribution in [3.8, 4) is 0 Å². The maximum absolute atomic E-state index is 12.1. The summed E-state index contributed by atoms with van der Waals surface area (Å²) < 4.78 is 4.53. The molecule has 1 amide bonds. The molecule has 0 aliphatic heterocycles. The van der Waals surface area contributed by atoms with E-state index in [1.807, 2.05) is 0 Å². The first-order chi connectivity index (χ1) is 8.93. The Kier molecular flexibility index (Phi) is 5.17. The number of amides is 1. The van der Waals surface area contributed by atoms with Crippen LogP contribution in [-0.4, -0.2) is 37.5 Å². The van der Waals surface area contributed by atoms with E-state index in [1.165, 1.54) is 12.0 Å². The topological polar surface area (TPSA) is 98.6 Å². The number of hydrogen-bond acceptors (Lipinski definition) is 5. The van der Waals surface area contributed by atoms with E-state index in [2.05, 4.69) is 4.74 Å². The molecule has 0 saturated heterocycles. The van der Waals surface area contributed by atoms with Gasteiger partial charge < -0.3 is 21.1 Å². The van der Waals surface area contributed by atoms with Gasteiger partial charge in [0.15, 0.2) is 0 Å². The van der Waals surface area contributed by atoms with Crippen LogP contribution in [0.1, 0.15) is 23.2 Å². The van der Waals surface area contributed by atoms with Gasteiger partial charge >= 0.3 is 5.97 Å². The van der Waals surface area contributed by atoms with Crippen LogP contribution in [0.15, 0.2) is 18.2 Å². The highest BCUT2D eigenvalue weighted by Crippen LogP contribution is 2.15. The predicted octanol–water partition coefficient (Wildman–Crippen LogP) is 0.876. The van der Waals surface area contributed by atoms with Crippen LogP contribution >= 0.6 is 0 Å². The lowest BCUT2D eigenvalue weighted by molar-refractivity contribution is -0.140. The second kappa shape index (κ2) is 6.63. The van der Waals surface area contributed by atoms with Gasteiger partial charge in [-0.1, -0.05) is 0 Å². The number of benzene rings is 1. The Morgan fingerprint density at radius 3 is 2.32 bits per heavy atom. The Bertz CT molecular complexity index is 454. The lowest BCUT2D eigenvalue weighted by Crippen LogP contribution is -2.28. The number of rotatable bonds is 5. The van der Waals surface area contributed by atoms with E-state index in [0.29, 0.717) is 29.9 Å². The summed E-state index contributed by atoms with van der Waals surface area (Å²) in [4.78, 5) is 24.6. The molecule has 6 nitrogen and oxygen atoms in total. The fourth-order valence-electron chi connectivity index (χ4n) is 1.68. The molecule has 0 unspecified atom stereocenters. The third-order valence-electron chi connectivity index (χ3n) is 2.67. The zero-order valence-corrected chi connectivity index (χ0v) is 11.2. The first-order valence-electron chi connectivity index (χ1n) is 5.92. The third kappa shape index (κ3) is 4.50. The Hall–Kier alpha value is -2.24. The van der Waals surface area contributed by atoms with Crippen LogP contribution < -0.4 is 11.5 Å². The minimum atomic E-state index is -0.283. The maximum atomic E-state index is 12.1. The van der Waals surface area contributed by atoms with Crippen LogP contribution in [0.4, 0.5) is 11.4 Å². The smallest absolute Gasteiger partial charge is 0.305 e. The normalized spacial score (nSPS) is 10.0. The molecule has 1 aromatic rings. The van der Waals surface area contributed by atoms with E-state index in [1.54, 1.807) is 25.2 Å². The van der Waals surface area contributed by atoms with Gasteiger partial charge in [0.2, 0.25) is 0 Å². The van der Waals surface area contributed by atoms with Gasteiger partial charge in [-0.25, -0.2) is 0 Å². The van der Waals surface area contributed by atoms with Crippen molar-refractivity contribution < 1.29 is 14.3 Å². The van der Waals surface area contributed by atoms with Crippen molar-refractivity contribution in [2.24, 2.45) is 0 Å². The average Bonchev–Trinajstić information content (AvgIpc) is 2.36. The summed E-state index contributed by atoms with van der Waals surface area (Å²) in [7, 11) is 3.01. The van der Waals surface area contributed by atoms with Crippen LogP contribution in [0.2, 0.25) is 0 Å². The monoisotopic (exact) mass is 265 g/mol. The molecular weight excluding hydrogens is 246 g/mol. The molecule has 0 aliphatic rings. The molecular formula is C13H19N3O3. The number of hydrogen-bond donors (Lipinski definition) is 2. The molecule has 6 heteroatoms. The molecule has 0 saturated carbocycles.